The zero-order valence-corrected chi connectivity index (χ0v) is 10.9. The van der Waals surface area contributed by atoms with Crippen molar-refractivity contribution in [3.63, 3.8) is 0 Å². The summed E-state index contributed by atoms with van der Waals surface area (Å²) in [6.45, 7) is 14.9. The summed E-state index contributed by atoms with van der Waals surface area (Å²) in [7, 11) is 0. The summed E-state index contributed by atoms with van der Waals surface area (Å²) in [5.41, 5.74) is 0. The van der Waals surface area contributed by atoms with Crippen LogP contribution in [-0.2, 0) is 4.74 Å². The van der Waals surface area contributed by atoms with Gasteiger partial charge in [-0.15, -0.1) is 0 Å². The first-order valence-corrected chi connectivity index (χ1v) is 6.37. The summed E-state index contributed by atoms with van der Waals surface area (Å²) in [6, 6.07) is 0. The molecule has 0 spiro atoms. The molecule has 0 amide bonds. The quantitative estimate of drug-likeness (QED) is 0.757. The summed E-state index contributed by atoms with van der Waals surface area (Å²) < 4.78 is 5.63. The maximum absolute atomic E-state index is 5.63. The van der Waals surface area contributed by atoms with Gasteiger partial charge in [-0.05, 0) is 13.3 Å². The van der Waals surface area contributed by atoms with E-state index < -0.39 is 0 Å². The molecule has 0 aliphatic carbocycles. The molecule has 3 nitrogen and oxygen atoms in total. The van der Waals surface area contributed by atoms with Crippen LogP contribution >= 0.6 is 0 Å². The van der Waals surface area contributed by atoms with Gasteiger partial charge in [0.2, 0.25) is 0 Å². The van der Waals surface area contributed by atoms with Crippen LogP contribution in [0.1, 0.15) is 34.1 Å². The Bertz CT molecular complexity index is 125. The highest BCUT2D eigenvalue weighted by Crippen LogP contribution is 1.97. The van der Waals surface area contributed by atoms with Crippen molar-refractivity contribution in [1.29, 1.82) is 0 Å². The van der Waals surface area contributed by atoms with Crippen molar-refractivity contribution in [2.24, 2.45) is 0 Å². The third-order valence-corrected chi connectivity index (χ3v) is 2.59. The van der Waals surface area contributed by atoms with E-state index in [9.17, 15) is 0 Å². The lowest BCUT2D eigenvalue weighted by molar-refractivity contribution is 0.0443. The Kier molecular flexibility index (Phi) is 10.3. The third-order valence-electron chi connectivity index (χ3n) is 2.59. The van der Waals surface area contributed by atoms with Crippen LogP contribution in [-0.4, -0.2) is 50.3 Å². The van der Waals surface area contributed by atoms with E-state index in [-0.39, 0.29) is 0 Å². The van der Waals surface area contributed by atoms with Crippen molar-refractivity contribution < 1.29 is 4.74 Å². The smallest absolute Gasteiger partial charge is 0.0597 e. The van der Waals surface area contributed by atoms with Gasteiger partial charge in [0.05, 0.1) is 12.7 Å². The molecule has 1 aliphatic rings. The van der Waals surface area contributed by atoms with Crippen molar-refractivity contribution in [1.82, 2.24) is 10.2 Å². The zero-order valence-electron chi connectivity index (χ0n) is 10.9. The summed E-state index contributed by atoms with van der Waals surface area (Å²) in [4.78, 5) is 2.46. The van der Waals surface area contributed by atoms with Gasteiger partial charge in [0.1, 0.15) is 0 Å². The molecule has 1 aliphatic heterocycles. The lowest BCUT2D eigenvalue weighted by Gasteiger charge is -2.27. The number of hydrogen-bond acceptors (Lipinski definition) is 3. The minimum absolute atomic E-state index is 0.419. The summed E-state index contributed by atoms with van der Waals surface area (Å²) in [5, 5.41) is 3.34. The number of rotatable bonds is 5. The van der Waals surface area contributed by atoms with E-state index in [1.807, 2.05) is 13.8 Å². The van der Waals surface area contributed by atoms with Crippen LogP contribution in [0.3, 0.4) is 0 Å². The van der Waals surface area contributed by atoms with E-state index in [2.05, 4.69) is 24.1 Å². The number of hydrogen-bond donors (Lipinski definition) is 1. The fraction of sp³-hybridized carbons (Fsp3) is 1.00. The Morgan fingerprint density at radius 2 is 1.87 bits per heavy atom. The van der Waals surface area contributed by atoms with E-state index >= 15 is 0 Å². The van der Waals surface area contributed by atoms with Gasteiger partial charge in [0.25, 0.3) is 0 Å². The molecule has 92 valence electrons. The van der Waals surface area contributed by atoms with Crippen molar-refractivity contribution in [3.8, 4) is 0 Å². The molecule has 1 N–H and O–H groups in total. The van der Waals surface area contributed by atoms with Gasteiger partial charge in [0.15, 0.2) is 0 Å². The van der Waals surface area contributed by atoms with E-state index in [1.54, 1.807) is 0 Å². The van der Waals surface area contributed by atoms with Crippen molar-refractivity contribution >= 4 is 0 Å². The van der Waals surface area contributed by atoms with Crippen LogP contribution in [0, 0.1) is 0 Å². The number of nitrogens with one attached hydrogen (secondary N) is 1. The lowest BCUT2D eigenvalue weighted by atomic mass is 10.3. The molecular formula is C12H28N2O. The summed E-state index contributed by atoms with van der Waals surface area (Å²) in [5.74, 6) is 0. The predicted octanol–water partition coefficient (Wildman–Crippen LogP) is 1.73. The topological polar surface area (TPSA) is 24.5 Å². The second-order valence-corrected chi connectivity index (χ2v) is 3.68. The highest BCUT2D eigenvalue weighted by Gasteiger charge is 2.08. The third kappa shape index (κ3) is 7.77. The fourth-order valence-electron chi connectivity index (χ4n) is 1.44. The molecule has 0 bridgehead atoms. The van der Waals surface area contributed by atoms with Crippen LogP contribution in [0.5, 0.6) is 0 Å². The van der Waals surface area contributed by atoms with E-state index in [1.165, 1.54) is 13.1 Å². The molecular weight excluding hydrogens is 188 g/mol. The fourth-order valence-corrected chi connectivity index (χ4v) is 1.44. The normalized spacial score (nSPS) is 19.2. The maximum atomic E-state index is 5.63. The highest BCUT2D eigenvalue weighted by molar-refractivity contribution is 4.66. The second kappa shape index (κ2) is 10.4. The first-order valence-electron chi connectivity index (χ1n) is 6.37. The van der Waals surface area contributed by atoms with Crippen LogP contribution < -0.4 is 5.32 Å². The second-order valence-electron chi connectivity index (χ2n) is 3.68. The standard InChI is InChI=1S/C10H22N2O.C2H6/c1-3-10(2)13-9-8-12-6-4-11-5-7-12;1-2/h10-11H,3-9H2,1-2H3;1-2H3. The Labute approximate surface area is 95.2 Å². The van der Waals surface area contributed by atoms with E-state index in [0.29, 0.717) is 6.10 Å². The molecule has 1 saturated heterocycles. The molecule has 0 aromatic heterocycles. The van der Waals surface area contributed by atoms with E-state index in [0.717, 1.165) is 32.7 Å². The molecule has 1 fully saturated rings. The number of piperazine rings is 1. The molecule has 0 saturated carbocycles. The zero-order chi connectivity index (χ0) is 11.5. The average molecular weight is 216 g/mol. The van der Waals surface area contributed by atoms with Gasteiger partial charge in [-0.2, -0.15) is 0 Å². The molecule has 0 aromatic rings. The van der Waals surface area contributed by atoms with Gasteiger partial charge in [-0.1, -0.05) is 20.8 Å². The SMILES string of the molecule is CC.CCC(C)OCCN1CCNCC1. The molecule has 3 heteroatoms. The molecule has 0 aromatic carbocycles. The van der Waals surface area contributed by atoms with Crippen LogP contribution in [0.15, 0.2) is 0 Å². The van der Waals surface area contributed by atoms with E-state index in [4.69, 9.17) is 4.74 Å². The number of ether oxygens (including phenoxy) is 1. The van der Waals surface area contributed by atoms with Crippen LogP contribution in [0.25, 0.3) is 0 Å². The van der Waals surface area contributed by atoms with Crippen molar-refractivity contribution in [2.75, 3.05) is 39.3 Å². The maximum Gasteiger partial charge on any atom is 0.0597 e. The largest absolute Gasteiger partial charge is 0.377 e. The van der Waals surface area contributed by atoms with Crippen molar-refractivity contribution in [2.45, 2.75) is 40.2 Å². The minimum atomic E-state index is 0.419. The average Bonchev–Trinajstić information content (AvgIpc) is 2.33. The molecule has 1 rings (SSSR count). The van der Waals surface area contributed by atoms with Crippen LogP contribution in [0.2, 0.25) is 0 Å². The molecule has 0 radical (unpaired) electrons. The van der Waals surface area contributed by atoms with Gasteiger partial charge in [-0.25, -0.2) is 0 Å². The molecule has 1 atom stereocenters. The first kappa shape index (κ1) is 14.9. The Morgan fingerprint density at radius 1 is 1.27 bits per heavy atom. The molecule has 15 heavy (non-hydrogen) atoms. The Balaban J connectivity index is 0.000000921. The predicted molar refractivity (Wildman–Crippen MR) is 66.4 cm³/mol. The number of nitrogens with zero attached hydrogens (tertiary/aromatic N) is 1. The van der Waals surface area contributed by atoms with Gasteiger partial charge < -0.3 is 10.1 Å². The Morgan fingerprint density at radius 3 is 2.40 bits per heavy atom. The van der Waals surface area contributed by atoms with Crippen LogP contribution in [0.4, 0.5) is 0 Å². The summed E-state index contributed by atoms with van der Waals surface area (Å²) in [6.07, 6.45) is 1.53. The highest BCUT2D eigenvalue weighted by atomic mass is 16.5. The Hall–Kier alpha value is -0.120. The van der Waals surface area contributed by atoms with Crippen molar-refractivity contribution in [3.05, 3.63) is 0 Å². The van der Waals surface area contributed by atoms with Gasteiger partial charge >= 0.3 is 0 Å². The monoisotopic (exact) mass is 216 g/mol. The minimum Gasteiger partial charge on any atom is -0.377 e. The summed E-state index contributed by atoms with van der Waals surface area (Å²) >= 11 is 0. The van der Waals surface area contributed by atoms with Gasteiger partial charge in [0, 0.05) is 32.7 Å². The lowest BCUT2D eigenvalue weighted by Crippen LogP contribution is -2.44. The first-order chi connectivity index (χ1) is 7.33. The molecule has 1 heterocycles. The molecule has 1 unspecified atom stereocenters. The van der Waals surface area contributed by atoms with Gasteiger partial charge in [-0.3, -0.25) is 4.90 Å².